The van der Waals surface area contributed by atoms with Crippen LogP contribution >= 0.6 is 0 Å². The lowest BCUT2D eigenvalue weighted by Crippen LogP contribution is -2.31. The van der Waals surface area contributed by atoms with Crippen molar-refractivity contribution in [2.75, 3.05) is 7.05 Å². The lowest BCUT2D eigenvalue weighted by atomic mass is 9.80. The van der Waals surface area contributed by atoms with Crippen molar-refractivity contribution in [2.24, 2.45) is 0 Å². The van der Waals surface area contributed by atoms with E-state index >= 15 is 0 Å². The minimum absolute atomic E-state index is 0.115. The van der Waals surface area contributed by atoms with Crippen molar-refractivity contribution in [3.8, 4) is 0 Å². The molecule has 28 heavy (non-hydrogen) atoms. The highest BCUT2D eigenvalue weighted by Crippen LogP contribution is 2.29. The molecule has 0 spiro atoms. The summed E-state index contributed by atoms with van der Waals surface area (Å²) in [6.45, 7) is 0.477. The average Bonchev–Trinajstić information content (AvgIpc) is 2.73. The molecule has 0 fully saturated rings. The number of hydrogen-bond donors (Lipinski definition) is 2. The van der Waals surface area contributed by atoms with Gasteiger partial charge in [0.05, 0.1) is 0 Å². The van der Waals surface area contributed by atoms with Crippen molar-refractivity contribution in [1.29, 1.82) is 0 Å². The molecule has 1 amide bonds. The van der Waals surface area contributed by atoms with E-state index in [9.17, 15) is 14.8 Å². The molecule has 0 saturated carbocycles. The molecule has 138 valence electrons. The second-order valence-corrected chi connectivity index (χ2v) is 6.95. The van der Waals surface area contributed by atoms with Gasteiger partial charge in [0.25, 0.3) is 5.91 Å². The van der Waals surface area contributed by atoms with E-state index in [4.69, 9.17) is 0 Å². The van der Waals surface area contributed by atoms with E-state index in [2.05, 4.69) is 30.3 Å². The zero-order chi connectivity index (χ0) is 19.7. The second kappa shape index (κ2) is 7.47. The fourth-order valence-corrected chi connectivity index (χ4v) is 3.61. The molecule has 0 aromatic heterocycles. The van der Waals surface area contributed by atoms with E-state index in [1.165, 1.54) is 0 Å². The third-order valence-electron chi connectivity index (χ3n) is 5.08. The Morgan fingerprint density at radius 1 is 0.857 bits per heavy atom. The molecular weight excluding hydrogens is 349 g/mol. The molecule has 0 aliphatic rings. The first-order valence-corrected chi connectivity index (χ1v) is 9.15. The molecule has 4 aromatic rings. The van der Waals surface area contributed by atoms with Gasteiger partial charge in [0, 0.05) is 19.2 Å². The Hall–Kier alpha value is -3.15. The maximum atomic E-state index is 12.9. The quantitative estimate of drug-likeness (QED) is 0.430. The molecule has 5 heteroatoms. The van der Waals surface area contributed by atoms with Crippen molar-refractivity contribution in [3.63, 3.8) is 0 Å². The van der Waals surface area contributed by atoms with Crippen molar-refractivity contribution in [1.82, 2.24) is 4.90 Å². The van der Waals surface area contributed by atoms with Crippen molar-refractivity contribution >= 4 is 40.0 Å². The summed E-state index contributed by atoms with van der Waals surface area (Å²) >= 11 is 0. The van der Waals surface area contributed by atoms with Crippen molar-refractivity contribution in [3.05, 3.63) is 90.0 Å². The molecule has 0 aliphatic heterocycles. The van der Waals surface area contributed by atoms with E-state index in [1.54, 1.807) is 36.2 Å². The Labute approximate surface area is 163 Å². The molecule has 4 rings (SSSR count). The predicted molar refractivity (Wildman–Crippen MR) is 114 cm³/mol. The number of rotatable bonds is 4. The van der Waals surface area contributed by atoms with Crippen molar-refractivity contribution < 1.29 is 14.8 Å². The summed E-state index contributed by atoms with van der Waals surface area (Å²) in [4.78, 5) is 14.6. The Morgan fingerprint density at radius 2 is 1.39 bits per heavy atom. The van der Waals surface area contributed by atoms with E-state index < -0.39 is 7.12 Å². The van der Waals surface area contributed by atoms with Gasteiger partial charge >= 0.3 is 7.12 Å². The first-order valence-electron chi connectivity index (χ1n) is 9.15. The van der Waals surface area contributed by atoms with E-state index in [0.717, 1.165) is 27.1 Å². The highest BCUT2D eigenvalue weighted by Gasteiger charge is 2.17. The lowest BCUT2D eigenvalue weighted by molar-refractivity contribution is 0.0786. The van der Waals surface area contributed by atoms with Gasteiger partial charge in [0.1, 0.15) is 0 Å². The number of nitrogens with zero attached hydrogens (tertiary/aromatic N) is 1. The molecule has 0 aliphatic carbocycles. The third kappa shape index (κ3) is 3.38. The van der Waals surface area contributed by atoms with Crippen molar-refractivity contribution in [2.45, 2.75) is 6.54 Å². The summed E-state index contributed by atoms with van der Waals surface area (Å²) in [5.41, 5.74) is 1.99. The Kier molecular flexibility index (Phi) is 4.86. The summed E-state index contributed by atoms with van der Waals surface area (Å²) in [6, 6.07) is 25.0. The molecule has 4 aromatic carbocycles. The number of hydrogen-bond acceptors (Lipinski definition) is 3. The summed E-state index contributed by atoms with van der Waals surface area (Å²) in [7, 11) is 0.247. The van der Waals surface area contributed by atoms with E-state index in [1.807, 2.05) is 24.3 Å². The maximum absolute atomic E-state index is 12.9. The number of benzene rings is 4. The Bertz CT molecular complexity index is 1100. The minimum atomic E-state index is -1.54. The van der Waals surface area contributed by atoms with Crippen LogP contribution in [0.25, 0.3) is 21.5 Å². The zero-order valence-electron chi connectivity index (χ0n) is 15.5. The fraction of sp³-hybridized carbons (Fsp3) is 0.0870. The van der Waals surface area contributed by atoms with Crippen LogP contribution in [0.4, 0.5) is 0 Å². The van der Waals surface area contributed by atoms with Gasteiger partial charge in [-0.1, -0.05) is 60.7 Å². The van der Waals surface area contributed by atoms with Crippen LogP contribution in [-0.2, 0) is 6.54 Å². The molecule has 0 atom stereocenters. The van der Waals surface area contributed by atoms with Crippen LogP contribution in [0.3, 0.4) is 0 Å². The Morgan fingerprint density at radius 3 is 1.93 bits per heavy atom. The second-order valence-electron chi connectivity index (χ2n) is 6.95. The predicted octanol–water partition coefficient (Wildman–Crippen LogP) is 2.95. The van der Waals surface area contributed by atoms with Crippen LogP contribution in [0.15, 0.2) is 78.9 Å². The first kappa shape index (κ1) is 18.2. The van der Waals surface area contributed by atoms with Gasteiger partial charge in [0.2, 0.25) is 0 Å². The molecule has 0 bridgehead atoms. The van der Waals surface area contributed by atoms with Gasteiger partial charge in [-0.25, -0.2) is 0 Å². The van der Waals surface area contributed by atoms with Crippen LogP contribution in [0.2, 0.25) is 0 Å². The normalized spacial score (nSPS) is 11.0. The fourth-order valence-electron chi connectivity index (χ4n) is 3.61. The average molecular weight is 369 g/mol. The maximum Gasteiger partial charge on any atom is 0.488 e. The van der Waals surface area contributed by atoms with Gasteiger partial charge in [0.15, 0.2) is 0 Å². The van der Waals surface area contributed by atoms with Crippen LogP contribution in [0, 0.1) is 0 Å². The molecule has 0 radical (unpaired) electrons. The largest absolute Gasteiger partial charge is 0.488 e. The summed E-state index contributed by atoms with van der Waals surface area (Å²) in [5, 5.41) is 23.0. The van der Waals surface area contributed by atoms with Gasteiger partial charge in [-0.2, -0.15) is 0 Å². The van der Waals surface area contributed by atoms with E-state index in [-0.39, 0.29) is 5.91 Å². The molecule has 4 nitrogen and oxygen atoms in total. The van der Waals surface area contributed by atoms with Gasteiger partial charge in [-0.05, 0) is 50.8 Å². The van der Waals surface area contributed by atoms with Gasteiger partial charge < -0.3 is 14.9 Å². The number of fused-ring (bicyclic) bond motifs is 2. The molecule has 0 unspecified atom stereocenters. The zero-order valence-corrected chi connectivity index (χ0v) is 15.5. The summed E-state index contributed by atoms with van der Waals surface area (Å²) in [5.74, 6) is -0.115. The van der Waals surface area contributed by atoms with E-state index in [0.29, 0.717) is 17.6 Å². The summed E-state index contributed by atoms with van der Waals surface area (Å²) < 4.78 is 0. The lowest BCUT2D eigenvalue weighted by Gasteiger charge is -2.20. The smallest absolute Gasteiger partial charge is 0.423 e. The van der Waals surface area contributed by atoms with Crippen LogP contribution in [-0.4, -0.2) is 35.0 Å². The van der Waals surface area contributed by atoms with Crippen LogP contribution in [0.1, 0.15) is 15.9 Å². The standard InChI is InChI=1S/C23H20BNO3/c1-25(23(26)16-10-12-19(13-11-16)24(27)28)15-22-20-8-4-2-6-17(20)14-18-7-3-5-9-21(18)22/h2-14,27-28H,15H2,1H3. The van der Waals surface area contributed by atoms with Crippen LogP contribution < -0.4 is 5.46 Å². The number of carbonyl (C=O) groups is 1. The molecule has 0 saturated heterocycles. The number of carbonyl (C=O) groups excluding carboxylic acids is 1. The molecule has 2 N–H and O–H groups in total. The first-order chi connectivity index (χ1) is 13.5. The van der Waals surface area contributed by atoms with Gasteiger partial charge in [-0.3, -0.25) is 4.79 Å². The number of amides is 1. The minimum Gasteiger partial charge on any atom is -0.423 e. The SMILES string of the molecule is CN(Cc1c2ccccc2cc2ccccc12)C(=O)c1ccc(B(O)O)cc1. The monoisotopic (exact) mass is 369 g/mol. The molecular formula is C23H20BNO3. The Balaban J connectivity index is 1.71. The highest BCUT2D eigenvalue weighted by atomic mass is 16.4. The highest BCUT2D eigenvalue weighted by molar-refractivity contribution is 6.58. The third-order valence-corrected chi connectivity index (χ3v) is 5.08. The van der Waals surface area contributed by atoms with Gasteiger partial charge in [-0.15, -0.1) is 0 Å². The topological polar surface area (TPSA) is 60.8 Å². The molecule has 0 heterocycles. The summed E-state index contributed by atoms with van der Waals surface area (Å²) in [6.07, 6.45) is 0. The van der Waals surface area contributed by atoms with Crippen LogP contribution in [0.5, 0.6) is 0 Å².